The maximum Gasteiger partial charge on any atom is 0.180 e. The summed E-state index contributed by atoms with van der Waals surface area (Å²) in [5.74, 6) is 0.183. The monoisotopic (exact) mass is 139 g/mol. The van der Waals surface area contributed by atoms with Crippen molar-refractivity contribution < 1.29 is 9.21 Å². The molecule has 0 saturated carbocycles. The van der Waals surface area contributed by atoms with Gasteiger partial charge in [0.25, 0.3) is 0 Å². The van der Waals surface area contributed by atoms with Gasteiger partial charge in [-0.05, 0) is 13.3 Å². The van der Waals surface area contributed by atoms with Gasteiger partial charge in [0.1, 0.15) is 12.0 Å². The molecule has 0 fully saturated rings. The summed E-state index contributed by atoms with van der Waals surface area (Å²) in [7, 11) is 0. The van der Waals surface area contributed by atoms with Gasteiger partial charge in [0, 0.05) is 6.42 Å². The quantitative estimate of drug-likeness (QED) is 0.631. The SMILES string of the molecule is CC(=O)CCc1cocn1. The van der Waals surface area contributed by atoms with Crippen molar-refractivity contribution in [2.24, 2.45) is 0 Å². The first-order valence-electron chi connectivity index (χ1n) is 3.15. The molecule has 0 aliphatic rings. The maximum atomic E-state index is 10.5. The number of ketones is 1. The fraction of sp³-hybridized carbons (Fsp3) is 0.429. The third-order valence-electron chi connectivity index (χ3n) is 1.22. The smallest absolute Gasteiger partial charge is 0.180 e. The minimum Gasteiger partial charge on any atom is -0.451 e. The number of rotatable bonds is 3. The summed E-state index contributed by atoms with van der Waals surface area (Å²) in [6, 6.07) is 0. The van der Waals surface area contributed by atoms with Crippen LogP contribution in [-0.4, -0.2) is 10.8 Å². The number of hydrogen-bond acceptors (Lipinski definition) is 3. The minimum atomic E-state index is 0.183. The summed E-state index contributed by atoms with van der Waals surface area (Å²) in [5, 5.41) is 0. The molecule has 0 amide bonds. The molecule has 3 heteroatoms. The Labute approximate surface area is 59.1 Å². The van der Waals surface area contributed by atoms with Crippen LogP contribution in [0.15, 0.2) is 17.1 Å². The van der Waals surface area contributed by atoms with Crippen LogP contribution >= 0.6 is 0 Å². The molecule has 0 aromatic carbocycles. The third-order valence-corrected chi connectivity index (χ3v) is 1.22. The van der Waals surface area contributed by atoms with E-state index < -0.39 is 0 Å². The fourth-order valence-electron chi connectivity index (χ4n) is 0.665. The van der Waals surface area contributed by atoms with Gasteiger partial charge in [-0.25, -0.2) is 4.98 Å². The molecule has 10 heavy (non-hydrogen) atoms. The highest BCUT2D eigenvalue weighted by molar-refractivity contribution is 5.75. The van der Waals surface area contributed by atoms with E-state index in [0.717, 1.165) is 5.69 Å². The van der Waals surface area contributed by atoms with Crippen molar-refractivity contribution in [1.29, 1.82) is 0 Å². The van der Waals surface area contributed by atoms with E-state index in [1.54, 1.807) is 13.2 Å². The lowest BCUT2D eigenvalue weighted by molar-refractivity contribution is -0.116. The molecular formula is C7H9NO2. The lowest BCUT2D eigenvalue weighted by Gasteiger charge is -1.88. The van der Waals surface area contributed by atoms with Crippen molar-refractivity contribution >= 4 is 5.78 Å². The van der Waals surface area contributed by atoms with Crippen molar-refractivity contribution in [3.8, 4) is 0 Å². The van der Waals surface area contributed by atoms with Gasteiger partial charge in [0.05, 0.1) is 5.69 Å². The van der Waals surface area contributed by atoms with Crippen molar-refractivity contribution in [3.05, 3.63) is 18.4 Å². The molecule has 1 aromatic rings. The van der Waals surface area contributed by atoms with Gasteiger partial charge in [-0.15, -0.1) is 0 Å². The van der Waals surface area contributed by atoms with E-state index >= 15 is 0 Å². The van der Waals surface area contributed by atoms with Gasteiger partial charge in [0.15, 0.2) is 6.39 Å². The average Bonchev–Trinajstić information content (AvgIpc) is 2.34. The Balaban J connectivity index is 2.35. The Hall–Kier alpha value is -1.12. The molecule has 0 aliphatic heterocycles. The molecule has 54 valence electrons. The third kappa shape index (κ3) is 2.01. The van der Waals surface area contributed by atoms with Crippen molar-refractivity contribution in [3.63, 3.8) is 0 Å². The molecule has 0 unspecified atom stereocenters. The van der Waals surface area contributed by atoms with E-state index in [1.165, 1.54) is 6.39 Å². The highest BCUT2D eigenvalue weighted by Crippen LogP contribution is 1.98. The number of carbonyl (C=O) groups excluding carboxylic acids is 1. The Morgan fingerprint density at radius 1 is 1.80 bits per heavy atom. The summed E-state index contributed by atoms with van der Waals surface area (Å²) in [6.07, 6.45) is 4.16. The van der Waals surface area contributed by atoms with Gasteiger partial charge in [-0.2, -0.15) is 0 Å². The molecule has 0 spiro atoms. The standard InChI is InChI=1S/C7H9NO2/c1-6(9)2-3-7-4-10-5-8-7/h4-5H,2-3H2,1H3. The predicted octanol–water partition coefficient (Wildman–Crippen LogP) is 1.20. The number of aryl methyl sites for hydroxylation is 1. The molecule has 0 atom stereocenters. The van der Waals surface area contributed by atoms with Crippen molar-refractivity contribution in [1.82, 2.24) is 4.98 Å². The molecule has 3 nitrogen and oxygen atoms in total. The summed E-state index contributed by atoms with van der Waals surface area (Å²) in [6.45, 7) is 1.57. The minimum absolute atomic E-state index is 0.183. The second-order valence-electron chi connectivity index (χ2n) is 2.18. The predicted molar refractivity (Wildman–Crippen MR) is 35.5 cm³/mol. The molecule has 0 N–H and O–H groups in total. The van der Waals surface area contributed by atoms with Gasteiger partial charge >= 0.3 is 0 Å². The molecule has 0 saturated heterocycles. The summed E-state index contributed by atoms with van der Waals surface area (Å²) in [5.41, 5.74) is 0.843. The zero-order valence-electron chi connectivity index (χ0n) is 5.83. The van der Waals surface area contributed by atoms with Crippen molar-refractivity contribution in [2.45, 2.75) is 19.8 Å². The molecule has 0 aliphatic carbocycles. The van der Waals surface area contributed by atoms with Crippen LogP contribution in [0.1, 0.15) is 19.0 Å². The van der Waals surface area contributed by atoms with E-state index in [0.29, 0.717) is 12.8 Å². The number of oxazole rings is 1. The molecule has 1 heterocycles. The highest BCUT2D eigenvalue weighted by Gasteiger charge is 1.97. The zero-order chi connectivity index (χ0) is 7.40. The largest absolute Gasteiger partial charge is 0.451 e. The second kappa shape index (κ2) is 3.15. The van der Waals surface area contributed by atoms with Gasteiger partial charge in [-0.1, -0.05) is 0 Å². The molecule has 1 rings (SSSR count). The van der Waals surface area contributed by atoms with Gasteiger partial charge in [-0.3, -0.25) is 0 Å². The van der Waals surface area contributed by atoms with Crippen LogP contribution in [0.5, 0.6) is 0 Å². The maximum absolute atomic E-state index is 10.5. The van der Waals surface area contributed by atoms with Gasteiger partial charge < -0.3 is 9.21 Å². The molecule has 1 aromatic heterocycles. The Kier molecular flexibility index (Phi) is 2.20. The van der Waals surface area contributed by atoms with Crippen LogP contribution in [-0.2, 0) is 11.2 Å². The van der Waals surface area contributed by atoms with E-state index in [-0.39, 0.29) is 5.78 Å². The topological polar surface area (TPSA) is 43.1 Å². The van der Waals surface area contributed by atoms with E-state index in [9.17, 15) is 4.79 Å². The Morgan fingerprint density at radius 2 is 2.60 bits per heavy atom. The first kappa shape index (κ1) is 6.99. The average molecular weight is 139 g/mol. The summed E-state index contributed by atoms with van der Waals surface area (Å²) >= 11 is 0. The lowest BCUT2D eigenvalue weighted by Crippen LogP contribution is -1.93. The normalized spacial score (nSPS) is 9.70. The van der Waals surface area contributed by atoms with Gasteiger partial charge in [0.2, 0.25) is 0 Å². The number of nitrogens with zero attached hydrogens (tertiary/aromatic N) is 1. The Bertz CT molecular complexity index is 203. The van der Waals surface area contributed by atoms with Crippen molar-refractivity contribution in [2.75, 3.05) is 0 Å². The van der Waals surface area contributed by atoms with E-state index in [4.69, 9.17) is 4.42 Å². The van der Waals surface area contributed by atoms with Crippen LogP contribution in [0.4, 0.5) is 0 Å². The number of hydrogen-bond donors (Lipinski definition) is 0. The highest BCUT2D eigenvalue weighted by atomic mass is 16.3. The fourth-order valence-corrected chi connectivity index (χ4v) is 0.665. The number of aromatic nitrogens is 1. The molecule has 0 radical (unpaired) electrons. The van der Waals surface area contributed by atoms with E-state index in [1.807, 2.05) is 0 Å². The Morgan fingerprint density at radius 3 is 3.10 bits per heavy atom. The summed E-state index contributed by atoms with van der Waals surface area (Å²) in [4.78, 5) is 14.3. The first-order valence-corrected chi connectivity index (χ1v) is 3.15. The molecular weight excluding hydrogens is 130 g/mol. The van der Waals surface area contributed by atoms with Crippen LogP contribution < -0.4 is 0 Å². The summed E-state index contributed by atoms with van der Waals surface area (Å²) < 4.78 is 4.72. The van der Waals surface area contributed by atoms with Crippen LogP contribution in [0.2, 0.25) is 0 Å². The van der Waals surface area contributed by atoms with Crippen LogP contribution in [0, 0.1) is 0 Å². The second-order valence-corrected chi connectivity index (χ2v) is 2.18. The van der Waals surface area contributed by atoms with Crippen LogP contribution in [0.25, 0.3) is 0 Å². The molecule has 0 bridgehead atoms. The first-order chi connectivity index (χ1) is 4.79. The number of Topliss-reactive ketones (excluding diaryl/α,β-unsaturated/α-hetero) is 1. The zero-order valence-corrected chi connectivity index (χ0v) is 5.83. The van der Waals surface area contributed by atoms with E-state index in [2.05, 4.69) is 4.98 Å². The number of carbonyl (C=O) groups is 1. The lowest BCUT2D eigenvalue weighted by atomic mass is 10.2. The van der Waals surface area contributed by atoms with Crippen LogP contribution in [0.3, 0.4) is 0 Å².